The van der Waals surface area contributed by atoms with Crippen molar-refractivity contribution in [3.63, 3.8) is 0 Å². The van der Waals surface area contributed by atoms with Gasteiger partial charge in [0.1, 0.15) is 0 Å². The minimum Gasteiger partial charge on any atom is -0.391 e. The highest BCUT2D eigenvalue weighted by Gasteiger charge is 2.23. The molecule has 1 rings (SSSR count). The van der Waals surface area contributed by atoms with Gasteiger partial charge in [-0.25, -0.2) is 4.79 Å². The van der Waals surface area contributed by atoms with E-state index in [9.17, 15) is 4.79 Å². The molecule has 0 bridgehead atoms. The molecule has 2 amide bonds. The number of urea groups is 1. The van der Waals surface area contributed by atoms with Gasteiger partial charge >= 0.3 is 6.03 Å². The van der Waals surface area contributed by atoms with Gasteiger partial charge in [0.05, 0.1) is 6.10 Å². The number of hydrogen-bond donors (Lipinski definition) is 2. The van der Waals surface area contributed by atoms with E-state index in [1.165, 1.54) is 0 Å². The van der Waals surface area contributed by atoms with Crippen LogP contribution in [0.3, 0.4) is 0 Å². The molecule has 0 radical (unpaired) electrons. The molecule has 1 aliphatic heterocycles. The van der Waals surface area contributed by atoms with Crippen LogP contribution in [0.25, 0.3) is 0 Å². The minimum absolute atomic E-state index is 0.0657. The Morgan fingerprint density at radius 3 is 3.00 bits per heavy atom. The summed E-state index contributed by atoms with van der Waals surface area (Å²) in [7, 11) is 0. The molecule has 1 atom stereocenters. The summed E-state index contributed by atoms with van der Waals surface area (Å²) in [4.78, 5) is 12.7. The zero-order valence-electron chi connectivity index (χ0n) is 6.71. The Kier molecular flexibility index (Phi) is 2.70. The summed E-state index contributed by atoms with van der Waals surface area (Å²) < 4.78 is 0. The van der Waals surface area contributed by atoms with Crippen LogP contribution in [0.2, 0.25) is 0 Å². The fraction of sp³-hybridized carbons (Fsp3) is 0.857. The number of amides is 2. The molecule has 1 saturated heterocycles. The van der Waals surface area contributed by atoms with Gasteiger partial charge in [-0.1, -0.05) is 0 Å². The van der Waals surface area contributed by atoms with Crippen LogP contribution < -0.4 is 5.32 Å². The van der Waals surface area contributed by atoms with E-state index in [1.807, 2.05) is 6.92 Å². The van der Waals surface area contributed by atoms with Crippen LogP contribution in [-0.2, 0) is 0 Å². The van der Waals surface area contributed by atoms with Crippen LogP contribution in [-0.4, -0.2) is 41.8 Å². The average molecular weight is 158 g/mol. The zero-order valence-corrected chi connectivity index (χ0v) is 6.71. The Morgan fingerprint density at radius 1 is 1.82 bits per heavy atom. The maximum absolute atomic E-state index is 11.1. The number of β-amino-alcohol motifs (C(OH)–C–C–N with tert-alkyl or cyclic N) is 1. The molecule has 0 aromatic carbocycles. The number of nitrogens with zero attached hydrogens (tertiary/aromatic N) is 1. The molecule has 0 spiro atoms. The third-order valence-electron chi connectivity index (χ3n) is 1.78. The highest BCUT2D eigenvalue weighted by Crippen LogP contribution is 2.07. The van der Waals surface area contributed by atoms with E-state index < -0.39 is 0 Å². The third-order valence-corrected chi connectivity index (χ3v) is 1.78. The number of rotatable bonds is 1. The van der Waals surface area contributed by atoms with Gasteiger partial charge < -0.3 is 15.3 Å². The van der Waals surface area contributed by atoms with Crippen molar-refractivity contribution in [3.8, 4) is 0 Å². The molecule has 1 fully saturated rings. The van der Waals surface area contributed by atoms with Crippen molar-refractivity contribution < 1.29 is 9.90 Å². The topological polar surface area (TPSA) is 52.6 Å². The summed E-state index contributed by atoms with van der Waals surface area (Å²) in [5.41, 5.74) is 0. The van der Waals surface area contributed by atoms with Gasteiger partial charge in [-0.3, -0.25) is 0 Å². The maximum Gasteiger partial charge on any atom is 0.317 e. The molecule has 1 heterocycles. The van der Waals surface area contributed by atoms with Gasteiger partial charge in [-0.15, -0.1) is 0 Å². The fourth-order valence-electron chi connectivity index (χ4n) is 1.19. The molecule has 11 heavy (non-hydrogen) atoms. The quantitative estimate of drug-likeness (QED) is 0.554. The summed E-state index contributed by atoms with van der Waals surface area (Å²) in [5.74, 6) is 0. The van der Waals surface area contributed by atoms with Crippen LogP contribution >= 0.6 is 0 Å². The molecule has 0 aliphatic carbocycles. The number of carbonyl (C=O) groups excluding carboxylic acids is 1. The number of carbonyl (C=O) groups is 1. The number of hydrogen-bond acceptors (Lipinski definition) is 2. The number of aliphatic hydroxyl groups is 1. The fourth-order valence-corrected chi connectivity index (χ4v) is 1.19. The van der Waals surface area contributed by atoms with Crippen LogP contribution in [0, 0.1) is 0 Å². The van der Waals surface area contributed by atoms with Crippen LogP contribution in [0.15, 0.2) is 0 Å². The van der Waals surface area contributed by atoms with Crippen molar-refractivity contribution in [2.24, 2.45) is 0 Å². The Hall–Kier alpha value is -0.770. The minimum atomic E-state index is -0.322. The molecule has 0 aromatic rings. The van der Waals surface area contributed by atoms with Gasteiger partial charge in [0.25, 0.3) is 0 Å². The maximum atomic E-state index is 11.1. The van der Waals surface area contributed by atoms with Gasteiger partial charge in [0, 0.05) is 19.6 Å². The van der Waals surface area contributed by atoms with Crippen molar-refractivity contribution >= 4 is 6.03 Å². The SMILES string of the molecule is CCNC(=O)N1CCC(O)C1. The van der Waals surface area contributed by atoms with Crippen molar-refractivity contribution in [3.05, 3.63) is 0 Å². The Balaban J connectivity index is 2.31. The standard InChI is InChI=1S/C7H14N2O2/c1-2-8-7(11)9-4-3-6(10)5-9/h6,10H,2-5H2,1H3,(H,8,11). The highest BCUT2D eigenvalue weighted by atomic mass is 16.3. The first-order valence-electron chi connectivity index (χ1n) is 3.95. The third kappa shape index (κ3) is 2.08. The predicted octanol–water partition coefficient (Wildman–Crippen LogP) is -0.217. The summed E-state index contributed by atoms with van der Waals surface area (Å²) in [6.45, 7) is 3.68. The van der Waals surface area contributed by atoms with Crippen molar-refractivity contribution in [1.82, 2.24) is 10.2 Å². The van der Waals surface area contributed by atoms with E-state index in [2.05, 4.69) is 5.32 Å². The van der Waals surface area contributed by atoms with Crippen molar-refractivity contribution in [1.29, 1.82) is 0 Å². The van der Waals surface area contributed by atoms with E-state index >= 15 is 0 Å². The molecule has 0 aromatic heterocycles. The van der Waals surface area contributed by atoms with Crippen LogP contribution in [0.5, 0.6) is 0 Å². The first kappa shape index (κ1) is 8.33. The monoisotopic (exact) mass is 158 g/mol. The lowest BCUT2D eigenvalue weighted by Gasteiger charge is -2.15. The lowest BCUT2D eigenvalue weighted by Crippen LogP contribution is -2.38. The van der Waals surface area contributed by atoms with E-state index in [0.29, 0.717) is 26.1 Å². The second-order valence-corrected chi connectivity index (χ2v) is 2.72. The number of nitrogens with one attached hydrogen (secondary N) is 1. The molecule has 4 heteroatoms. The molecule has 0 saturated carbocycles. The molecular formula is C7H14N2O2. The Morgan fingerprint density at radius 2 is 2.55 bits per heavy atom. The summed E-state index contributed by atoms with van der Waals surface area (Å²) in [6, 6.07) is -0.0657. The normalized spacial score (nSPS) is 23.8. The zero-order chi connectivity index (χ0) is 8.27. The molecule has 1 aliphatic rings. The van der Waals surface area contributed by atoms with E-state index in [-0.39, 0.29) is 12.1 Å². The van der Waals surface area contributed by atoms with Gasteiger partial charge in [-0.05, 0) is 13.3 Å². The van der Waals surface area contributed by atoms with Crippen molar-refractivity contribution in [2.45, 2.75) is 19.4 Å². The highest BCUT2D eigenvalue weighted by molar-refractivity contribution is 5.74. The second-order valence-electron chi connectivity index (χ2n) is 2.72. The Bertz CT molecular complexity index is 149. The summed E-state index contributed by atoms with van der Waals surface area (Å²) in [5, 5.41) is 11.8. The molecule has 64 valence electrons. The molecule has 2 N–H and O–H groups in total. The average Bonchev–Trinajstić information content (AvgIpc) is 2.36. The Labute approximate surface area is 66.2 Å². The molecular weight excluding hydrogens is 144 g/mol. The van der Waals surface area contributed by atoms with Crippen LogP contribution in [0.1, 0.15) is 13.3 Å². The molecule has 1 unspecified atom stereocenters. The summed E-state index contributed by atoms with van der Waals surface area (Å²) in [6.07, 6.45) is 0.384. The van der Waals surface area contributed by atoms with Gasteiger partial charge in [-0.2, -0.15) is 0 Å². The summed E-state index contributed by atoms with van der Waals surface area (Å²) >= 11 is 0. The van der Waals surface area contributed by atoms with E-state index in [4.69, 9.17) is 5.11 Å². The van der Waals surface area contributed by atoms with Crippen LogP contribution in [0.4, 0.5) is 4.79 Å². The first-order valence-corrected chi connectivity index (χ1v) is 3.95. The predicted molar refractivity (Wildman–Crippen MR) is 41.3 cm³/mol. The smallest absolute Gasteiger partial charge is 0.317 e. The van der Waals surface area contributed by atoms with E-state index in [0.717, 1.165) is 0 Å². The lowest BCUT2D eigenvalue weighted by molar-refractivity contribution is 0.172. The largest absolute Gasteiger partial charge is 0.391 e. The van der Waals surface area contributed by atoms with Crippen molar-refractivity contribution in [2.75, 3.05) is 19.6 Å². The first-order chi connectivity index (χ1) is 5.24. The lowest BCUT2D eigenvalue weighted by atomic mass is 10.3. The van der Waals surface area contributed by atoms with Gasteiger partial charge in [0.15, 0.2) is 0 Å². The van der Waals surface area contributed by atoms with Gasteiger partial charge in [0.2, 0.25) is 0 Å². The number of likely N-dealkylation sites (tertiary alicyclic amines) is 1. The second kappa shape index (κ2) is 3.57. The number of aliphatic hydroxyl groups excluding tert-OH is 1. The van der Waals surface area contributed by atoms with E-state index in [1.54, 1.807) is 4.90 Å². The molecule has 4 nitrogen and oxygen atoms in total.